The van der Waals surface area contributed by atoms with Crippen LogP contribution in [-0.4, -0.2) is 20.8 Å². The van der Waals surface area contributed by atoms with Crippen LogP contribution < -0.4 is 0 Å². The number of nitrogens with zero attached hydrogens (tertiary/aromatic N) is 2. The van der Waals surface area contributed by atoms with Gasteiger partial charge in [0, 0.05) is 5.69 Å². The Morgan fingerprint density at radius 3 is 2.76 bits per heavy atom. The Morgan fingerprint density at radius 1 is 1.65 bits per heavy atom. The van der Waals surface area contributed by atoms with E-state index in [-0.39, 0.29) is 0 Å². The minimum absolute atomic E-state index is 0.418. The summed E-state index contributed by atoms with van der Waals surface area (Å²) in [6, 6.07) is 5.44. The molecule has 0 fully saturated rings. The molecule has 4 nitrogen and oxygen atoms in total. The van der Waals surface area contributed by atoms with Crippen molar-refractivity contribution in [2.24, 2.45) is 0 Å². The van der Waals surface area contributed by atoms with E-state index in [1.54, 1.807) is 19.1 Å². The number of carbonyl (C=O) groups is 1. The topological polar surface area (TPSA) is 74.0 Å². The van der Waals surface area contributed by atoms with Crippen LogP contribution in [0.3, 0.4) is 0 Å². The zero-order valence-corrected chi connectivity index (χ0v) is 10.8. The summed E-state index contributed by atoms with van der Waals surface area (Å²) < 4.78 is -0.952. The second-order valence-corrected chi connectivity index (χ2v) is 5.40. The monoisotopic (exact) mass is 250 g/mol. The van der Waals surface area contributed by atoms with Gasteiger partial charge in [-0.25, -0.2) is 4.98 Å². The van der Waals surface area contributed by atoms with Crippen molar-refractivity contribution in [3.05, 3.63) is 23.4 Å². The minimum Gasteiger partial charge on any atom is -0.480 e. The van der Waals surface area contributed by atoms with E-state index < -0.39 is 10.7 Å². The minimum atomic E-state index is -0.952. The van der Waals surface area contributed by atoms with Crippen LogP contribution in [0.4, 0.5) is 0 Å². The normalized spacial score (nSPS) is 13.8. The summed E-state index contributed by atoms with van der Waals surface area (Å²) in [4.78, 5) is 15.4. The van der Waals surface area contributed by atoms with Gasteiger partial charge in [-0.3, -0.25) is 4.79 Å². The zero-order valence-electron chi connectivity index (χ0n) is 10.0. The van der Waals surface area contributed by atoms with E-state index in [1.165, 1.54) is 0 Å². The van der Waals surface area contributed by atoms with Gasteiger partial charge in [0.05, 0.1) is 5.56 Å². The maximum absolute atomic E-state index is 11.2. The molecule has 0 saturated carbocycles. The van der Waals surface area contributed by atoms with E-state index in [0.717, 1.165) is 17.5 Å². The number of aryl methyl sites for hydroxylation is 1. The molecule has 0 aromatic carbocycles. The van der Waals surface area contributed by atoms with E-state index in [2.05, 4.69) is 4.98 Å². The number of aliphatic carboxylic acids is 1. The zero-order chi connectivity index (χ0) is 13.1. The van der Waals surface area contributed by atoms with Gasteiger partial charge in [0.1, 0.15) is 15.8 Å². The third-order valence-electron chi connectivity index (χ3n) is 2.57. The van der Waals surface area contributed by atoms with Crippen molar-refractivity contribution in [2.45, 2.75) is 37.0 Å². The molecule has 0 aliphatic carbocycles. The molecule has 5 heteroatoms. The lowest BCUT2D eigenvalue weighted by molar-refractivity contribution is -0.139. The Bertz CT molecular complexity index is 482. The van der Waals surface area contributed by atoms with Gasteiger partial charge in [-0.05, 0) is 32.4 Å². The van der Waals surface area contributed by atoms with E-state index in [0.29, 0.717) is 17.0 Å². The lowest BCUT2D eigenvalue weighted by atomic mass is 10.1. The molecule has 0 amide bonds. The number of carboxylic acid groups (broad SMARTS) is 1. The fraction of sp³-hybridized carbons (Fsp3) is 0.417. The summed E-state index contributed by atoms with van der Waals surface area (Å²) in [5.74, 6) is -0.891. The number of hydrogen-bond acceptors (Lipinski definition) is 4. The standard InChI is InChI=1S/C12H14N2O2S/c1-4-12(3,11(15)16)17-10-9(7-13)6-5-8(2)14-10/h5-6H,4H2,1-3H3,(H,15,16)/t12-/m1/s1. The van der Waals surface area contributed by atoms with Crippen LogP contribution in [0.5, 0.6) is 0 Å². The van der Waals surface area contributed by atoms with Crippen molar-refractivity contribution in [1.82, 2.24) is 4.98 Å². The number of nitriles is 1. The predicted octanol–water partition coefficient (Wildman–Crippen LogP) is 2.61. The second-order valence-electron chi connectivity index (χ2n) is 3.91. The summed E-state index contributed by atoms with van der Waals surface area (Å²) in [5, 5.41) is 18.6. The molecule has 0 unspecified atom stereocenters. The Labute approximate surface area is 105 Å². The predicted molar refractivity (Wildman–Crippen MR) is 65.9 cm³/mol. The molecule has 90 valence electrons. The SMILES string of the molecule is CC[C@@](C)(Sc1nc(C)ccc1C#N)C(=O)O. The van der Waals surface area contributed by atoms with E-state index >= 15 is 0 Å². The van der Waals surface area contributed by atoms with E-state index in [4.69, 9.17) is 5.26 Å². The molecule has 1 rings (SSSR count). The van der Waals surface area contributed by atoms with Gasteiger partial charge in [0.25, 0.3) is 0 Å². The average Bonchev–Trinajstić information content (AvgIpc) is 2.29. The molecular formula is C12H14N2O2S. The number of aromatic nitrogens is 1. The molecule has 0 aliphatic heterocycles. The van der Waals surface area contributed by atoms with Gasteiger partial charge in [-0.2, -0.15) is 5.26 Å². The van der Waals surface area contributed by atoms with Gasteiger partial charge < -0.3 is 5.11 Å². The van der Waals surface area contributed by atoms with Crippen LogP contribution in [0, 0.1) is 18.3 Å². The summed E-state index contributed by atoms with van der Waals surface area (Å²) >= 11 is 1.13. The van der Waals surface area contributed by atoms with E-state index in [1.807, 2.05) is 19.9 Å². The second kappa shape index (κ2) is 5.19. The quantitative estimate of drug-likeness (QED) is 0.831. The van der Waals surface area contributed by atoms with Crippen molar-refractivity contribution < 1.29 is 9.90 Å². The first-order valence-corrected chi connectivity index (χ1v) is 6.04. The Morgan fingerprint density at radius 2 is 2.29 bits per heavy atom. The van der Waals surface area contributed by atoms with Crippen LogP contribution >= 0.6 is 11.8 Å². The number of carboxylic acids is 1. The number of hydrogen-bond donors (Lipinski definition) is 1. The highest BCUT2D eigenvalue weighted by Gasteiger charge is 2.33. The molecule has 0 radical (unpaired) electrons. The summed E-state index contributed by atoms with van der Waals surface area (Å²) in [6.07, 6.45) is 0.466. The Hall–Kier alpha value is -1.54. The lowest BCUT2D eigenvalue weighted by Crippen LogP contribution is -2.30. The smallest absolute Gasteiger partial charge is 0.319 e. The molecule has 1 aromatic rings. The highest BCUT2D eigenvalue weighted by Crippen LogP contribution is 2.36. The molecule has 0 bridgehead atoms. The molecule has 1 atom stereocenters. The van der Waals surface area contributed by atoms with Crippen molar-refractivity contribution >= 4 is 17.7 Å². The Balaban J connectivity index is 3.14. The molecule has 1 aromatic heterocycles. The molecule has 1 heterocycles. The molecule has 0 saturated heterocycles. The fourth-order valence-corrected chi connectivity index (χ4v) is 2.25. The third kappa shape index (κ3) is 2.98. The van der Waals surface area contributed by atoms with Crippen LogP contribution in [0.1, 0.15) is 31.5 Å². The van der Waals surface area contributed by atoms with Crippen LogP contribution in [0.25, 0.3) is 0 Å². The van der Waals surface area contributed by atoms with E-state index in [9.17, 15) is 9.90 Å². The van der Waals surface area contributed by atoms with Crippen LogP contribution in [-0.2, 0) is 4.79 Å². The fourth-order valence-electron chi connectivity index (χ4n) is 1.18. The van der Waals surface area contributed by atoms with Crippen molar-refractivity contribution in [3.63, 3.8) is 0 Å². The van der Waals surface area contributed by atoms with Gasteiger partial charge in [-0.15, -0.1) is 0 Å². The number of rotatable bonds is 4. The molecular weight excluding hydrogens is 236 g/mol. The molecule has 0 spiro atoms. The largest absolute Gasteiger partial charge is 0.480 e. The third-order valence-corrected chi connectivity index (χ3v) is 3.99. The first-order valence-electron chi connectivity index (χ1n) is 5.23. The van der Waals surface area contributed by atoms with Crippen molar-refractivity contribution in [1.29, 1.82) is 5.26 Å². The average molecular weight is 250 g/mol. The summed E-state index contributed by atoms with van der Waals surface area (Å²) in [5.41, 5.74) is 1.19. The maximum Gasteiger partial charge on any atom is 0.319 e. The number of pyridine rings is 1. The van der Waals surface area contributed by atoms with Crippen molar-refractivity contribution in [2.75, 3.05) is 0 Å². The van der Waals surface area contributed by atoms with Crippen molar-refractivity contribution in [3.8, 4) is 6.07 Å². The molecule has 1 N–H and O–H groups in total. The highest BCUT2D eigenvalue weighted by atomic mass is 32.2. The van der Waals surface area contributed by atoms with Crippen LogP contribution in [0.15, 0.2) is 17.2 Å². The first-order chi connectivity index (χ1) is 7.92. The lowest BCUT2D eigenvalue weighted by Gasteiger charge is -2.22. The van der Waals surface area contributed by atoms with Gasteiger partial charge in [0.2, 0.25) is 0 Å². The molecule has 0 aliphatic rings. The van der Waals surface area contributed by atoms with Gasteiger partial charge in [0.15, 0.2) is 0 Å². The highest BCUT2D eigenvalue weighted by molar-refractivity contribution is 8.01. The Kier molecular flexibility index (Phi) is 4.13. The van der Waals surface area contributed by atoms with Gasteiger partial charge in [-0.1, -0.05) is 18.7 Å². The summed E-state index contributed by atoms with van der Waals surface area (Å²) in [6.45, 7) is 5.27. The van der Waals surface area contributed by atoms with Crippen LogP contribution in [0.2, 0.25) is 0 Å². The first kappa shape index (κ1) is 13.5. The number of thioether (sulfide) groups is 1. The summed E-state index contributed by atoms with van der Waals surface area (Å²) in [7, 11) is 0. The molecule has 17 heavy (non-hydrogen) atoms. The maximum atomic E-state index is 11.2. The van der Waals surface area contributed by atoms with Gasteiger partial charge >= 0.3 is 5.97 Å².